The van der Waals surface area contributed by atoms with Crippen molar-refractivity contribution in [1.29, 1.82) is 0 Å². The molecule has 4 nitrogen and oxygen atoms in total. The van der Waals surface area contributed by atoms with E-state index in [2.05, 4.69) is 10.3 Å². The SMILES string of the molecule is O=C(NC1CCCCCC1)c1cn2ccccc2n1. The van der Waals surface area contributed by atoms with E-state index >= 15 is 0 Å². The van der Waals surface area contributed by atoms with Crippen LogP contribution in [0.15, 0.2) is 30.6 Å². The molecule has 2 heterocycles. The fraction of sp³-hybridized carbons (Fsp3) is 0.467. The lowest BCUT2D eigenvalue weighted by atomic mass is 10.1. The topological polar surface area (TPSA) is 46.4 Å². The fourth-order valence-electron chi connectivity index (χ4n) is 2.73. The third-order valence-electron chi connectivity index (χ3n) is 3.79. The highest BCUT2D eigenvalue weighted by molar-refractivity contribution is 5.93. The number of nitrogens with zero attached hydrogens (tertiary/aromatic N) is 2. The lowest BCUT2D eigenvalue weighted by molar-refractivity contribution is 0.0929. The third-order valence-corrected chi connectivity index (χ3v) is 3.79. The maximum atomic E-state index is 12.2. The van der Waals surface area contributed by atoms with Crippen LogP contribution in [0.2, 0.25) is 0 Å². The number of amides is 1. The van der Waals surface area contributed by atoms with Crippen molar-refractivity contribution in [3.8, 4) is 0 Å². The zero-order chi connectivity index (χ0) is 13.1. The van der Waals surface area contributed by atoms with E-state index in [1.54, 1.807) is 6.20 Å². The predicted octanol–water partition coefficient (Wildman–Crippen LogP) is 2.79. The lowest BCUT2D eigenvalue weighted by Gasteiger charge is -2.14. The number of carbonyl (C=O) groups is 1. The van der Waals surface area contributed by atoms with Gasteiger partial charge in [-0.15, -0.1) is 0 Å². The first-order valence-corrected chi connectivity index (χ1v) is 7.07. The highest BCUT2D eigenvalue weighted by Gasteiger charge is 2.17. The fourth-order valence-corrected chi connectivity index (χ4v) is 2.73. The summed E-state index contributed by atoms with van der Waals surface area (Å²) in [6.07, 6.45) is 10.9. The molecule has 2 aromatic heterocycles. The minimum Gasteiger partial charge on any atom is -0.348 e. The molecule has 0 bridgehead atoms. The van der Waals surface area contributed by atoms with E-state index in [1.165, 1.54) is 25.7 Å². The second-order valence-electron chi connectivity index (χ2n) is 5.25. The van der Waals surface area contributed by atoms with Crippen molar-refractivity contribution in [2.24, 2.45) is 0 Å². The number of aromatic nitrogens is 2. The molecule has 0 atom stereocenters. The van der Waals surface area contributed by atoms with Gasteiger partial charge in [-0.05, 0) is 25.0 Å². The monoisotopic (exact) mass is 257 g/mol. The molecule has 0 aliphatic heterocycles. The Hall–Kier alpha value is -1.84. The van der Waals surface area contributed by atoms with Crippen molar-refractivity contribution in [1.82, 2.24) is 14.7 Å². The van der Waals surface area contributed by atoms with E-state index in [4.69, 9.17) is 0 Å². The highest BCUT2D eigenvalue weighted by Crippen LogP contribution is 2.17. The molecule has 0 radical (unpaired) electrons. The molecular formula is C15H19N3O. The van der Waals surface area contributed by atoms with E-state index in [1.807, 2.05) is 28.8 Å². The van der Waals surface area contributed by atoms with Crippen molar-refractivity contribution in [2.45, 2.75) is 44.6 Å². The number of hydrogen-bond acceptors (Lipinski definition) is 2. The van der Waals surface area contributed by atoms with Gasteiger partial charge in [-0.25, -0.2) is 4.98 Å². The summed E-state index contributed by atoms with van der Waals surface area (Å²) in [6, 6.07) is 6.08. The van der Waals surface area contributed by atoms with Crippen LogP contribution in [0.25, 0.3) is 5.65 Å². The number of hydrogen-bond donors (Lipinski definition) is 1. The quantitative estimate of drug-likeness (QED) is 0.841. The Bertz CT molecular complexity index is 535. The Kier molecular flexibility index (Phi) is 3.49. The number of fused-ring (bicyclic) bond motifs is 1. The largest absolute Gasteiger partial charge is 0.348 e. The van der Waals surface area contributed by atoms with Gasteiger partial charge in [-0.3, -0.25) is 4.79 Å². The molecule has 0 saturated heterocycles. The molecule has 4 heteroatoms. The van der Waals surface area contributed by atoms with Crippen LogP contribution in [0.1, 0.15) is 49.0 Å². The molecule has 3 rings (SSSR count). The van der Waals surface area contributed by atoms with Crippen LogP contribution in [0.3, 0.4) is 0 Å². The van der Waals surface area contributed by atoms with Gasteiger partial charge in [0.15, 0.2) is 0 Å². The van der Waals surface area contributed by atoms with E-state index in [0.29, 0.717) is 11.7 Å². The van der Waals surface area contributed by atoms with Crippen LogP contribution in [0.5, 0.6) is 0 Å². The number of carbonyl (C=O) groups excluding carboxylic acids is 1. The zero-order valence-corrected chi connectivity index (χ0v) is 11.0. The summed E-state index contributed by atoms with van der Waals surface area (Å²) in [6.45, 7) is 0. The smallest absolute Gasteiger partial charge is 0.271 e. The normalized spacial score (nSPS) is 17.3. The molecule has 19 heavy (non-hydrogen) atoms. The summed E-state index contributed by atoms with van der Waals surface area (Å²) in [5, 5.41) is 3.12. The van der Waals surface area contributed by atoms with Crippen LogP contribution in [0.4, 0.5) is 0 Å². The maximum Gasteiger partial charge on any atom is 0.271 e. The van der Waals surface area contributed by atoms with Gasteiger partial charge < -0.3 is 9.72 Å². The molecular weight excluding hydrogens is 238 g/mol. The van der Waals surface area contributed by atoms with Crippen molar-refractivity contribution in [2.75, 3.05) is 0 Å². The average Bonchev–Trinajstić information content (AvgIpc) is 2.70. The van der Waals surface area contributed by atoms with Gasteiger partial charge in [0.2, 0.25) is 0 Å². The molecule has 1 saturated carbocycles. The van der Waals surface area contributed by atoms with E-state index in [-0.39, 0.29) is 5.91 Å². The van der Waals surface area contributed by atoms with Crippen molar-refractivity contribution in [3.05, 3.63) is 36.3 Å². The Morgan fingerprint density at radius 2 is 2.00 bits per heavy atom. The minimum absolute atomic E-state index is 0.0457. The first-order valence-electron chi connectivity index (χ1n) is 7.07. The first-order chi connectivity index (χ1) is 9.33. The van der Waals surface area contributed by atoms with Gasteiger partial charge >= 0.3 is 0 Å². The van der Waals surface area contributed by atoms with Crippen molar-refractivity contribution >= 4 is 11.6 Å². The molecule has 1 aliphatic carbocycles. The predicted molar refractivity (Wildman–Crippen MR) is 74.1 cm³/mol. The zero-order valence-electron chi connectivity index (χ0n) is 11.0. The van der Waals surface area contributed by atoms with Gasteiger partial charge in [-0.1, -0.05) is 31.7 Å². The Balaban J connectivity index is 1.72. The highest BCUT2D eigenvalue weighted by atomic mass is 16.2. The minimum atomic E-state index is -0.0457. The molecule has 0 unspecified atom stereocenters. The van der Waals surface area contributed by atoms with Crippen molar-refractivity contribution < 1.29 is 4.79 Å². The van der Waals surface area contributed by atoms with Crippen LogP contribution in [0, 0.1) is 0 Å². The lowest BCUT2D eigenvalue weighted by Crippen LogP contribution is -2.34. The van der Waals surface area contributed by atoms with Gasteiger partial charge in [0, 0.05) is 18.4 Å². The van der Waals surface area contributed by atoms with E-state index in [0.717, 1.165) is 18.5 Å². The summed E-state index contributed by atoms with van der Waals surface area (Å²) >= 11 is 0. The molecule has 100 valence electrons. The third kappa shape index (κ3) is 2.78. The number of pyridine rings is 1. The Labute approximate surface area is 112 Å². The standard InChI is InChI=1S/C15H19N3O/c19-15(16-12-7-3-1-2-4-8-12)13-11-18-10-6-5-9-14(18)17-13/h5-6,9-12H,1-4,7-8H2,(H,16,19). The first kappa shape index (κ1) is 12.2. The second-order valence-corrected chi connectivity index (χ2v) is 5.25. The molecule has 2 aromatic rings. The number of nitrogens with one attached hydrogen (secondary N) is 1. The van der Waals surface area contributed by atoms with Gasteiger partial charge in [0.05, 0.1) is 0 Å². The molecule has 0 spiro atoms. The molecule has 1 fully saturated rings. The van der Waals surface area contributed by atoms with Crippen LogP contribution < -0.4 is 5.32 Å². The molecule has 1 N–H and O–H groups in total. The summed E-state index contributed by atoms with van der Waals surface area (Å²) in [5.74, 6) is -0.0457. The average molecular weight is 257 g/mol. The molecule has 0 aromatic carbocycles. The Morgan fingerprint density at radius 1 is 1.21 bits per heavy atom. The number of rotatable bonds is 2. The number of imidazole rings is 1. The van der Waals surface area contributed by atoms with Gasteiger partial charge in [-0.2, -0.15) is 0 Å². The second kappa shape index (κ2) is 5.43. The summed E-state index contributed by atoms with van der Waals surface area (Å²) in [7, 11) is 0. The van der Waals surface area contributed by atoms with Gasteiger partial charge in [0.1, 0.15) is 11.3 Å². The summed E-state index contributed by atoms with van der Waals surface area (Å²) < 4.78 is 1.88. The van der Waals surface area contributed by atoms with Gasteiger partial charge in [0.25, 0.3) is 5.91 Å². The van der Waals surface area contributed by atoms with Crippen molar-refractivity contribution in [3.63, 3.8) is 0 Å². The van der Waals surface area contributed by atoms with Crippen LogP contribution in [-0.2, 0) is 0 Å². The van der Waals surface area contributed by atoms with E-state index in [9.17, 15) is 4.79 Å². The Morgan fingerprint density at radius 3 is 2.74 bits per heavy atom. The van der Waals surface area contributed by atoms with Crippen LogP contribution in [-0.4, -0.2) is 21.3 Å². The molecule has 1 aliphatic rings. The summed E-state index contributed by atoms with van der Waals surface area (Å²) in [4.78, 5) is 16.6. The molecule has 1 amide bonds. The van der Waals surface area contributed by atoms with Crippen LogP contribution >= 0.6 is 0 Å². The summed E-state index contributed by atoms with van der Waals surface area (Å²) in [5.41, 5.74) is 1.32. The maximum absolute atomic E-state index is 12.2. The van der Waals surface area contributed by atoms with E-state index < -0.39 is 0 Å².